The van der Waals surface area contributed by atoms with E-state index >= 15 is 0 Å². The van der Waals surface area contributed by atoms with Crippen molar-refractivity contribution in [3.63, 3.8) is 0 Å². The highest BCUT2D eigenvalue weighted by atomic mass is 19.1. The Morgan fingerprint density at radius 1 is 0.905 bits per heavy atom. The third kappa shape index (κ3) is 3.30. The Morgan fingerprint density at radius 3 is 2.14 bits per heavy atom. The van der Waals surface area contributed by atoms with Gasteiger partial charge in [0.25, 0.3) is 0 Å². The first kappa shape index (κ1) is 14.2. The van der Waals surface area contributed by atoms with Crippen molar-refractivity contribution in [1.29, 1.82) is 0 Å². The standard InChI is InChI=1S/C18H18F2O/c1-12-2-7-18(21-11-12)14-5-3-13(4-6-14)15-8-16(19)10-17(20)9-15/h3-6,8-10,12,18H,2,7,11H2,1H3. The van der Waals surface area contributed by atoms with Crippen LogP contribution < -0.4 is 0 Å². The molecule has 0 spiro atoms. The molecule has 2 atom stereocenters. The molecule has 0 saturated carbocycles. The maximum Gasteiger partial charge on any atom is 0.126 e. The molecule has 2 aromatic rings. The predicted molar refractivity (Wildman–Crippen MR) is 78.9 cm³/mol. The summed E-state index contributed by atoms with van der Waals surface area (Å²) in [4.78, 5) is 0. The summed E-state index contributed by atoms with van der Waals surface area (Å²) in [6.45, 7) is 2.99. The molecule has 2 unspecified atom stereocenters. The van der Waals surface area contributed by atoms with Gasteiger partial charge in [0.05, 0.1) is 6.10 Å². The van der Waals surface area contributed by atoms with Crippen LogP contribution >= 0.6 is 0 Å². The molecule has 3 rings (SSSR count). The van der Waals surface area contributed by atoms with Gasteiger partial charge in [0.2, 0.25) is 0 Å². The molecule has 0 amide bonds. The minimum atomic E-state index is -0.557. The van der Waals surface area contributed by atoms with Crippen LogP contribution in [0.4, 0.5) is 8.78 Å². The van der Waals surface area contributed by atoms with Gasteiger partial charge >= 0.3 is 0 Å². The van der Waals surface area contributed by atoms with Gasteiger partial charge in [-0.1, -0.05) is 31.2 Å². The van der Waals surface area contributed by atoms with E-state index in [4.69, 9.17) is 4.74 Å². The highest BCUT2D eigenvalue weighted by molar-refractivity contribution is 5.63. The summed E-state index contributed by atoms with van der Waals surface area (Å²) in [5.41, 5.74) is 2.49. The van der Waals surface area contributed by atoms with Gasteiger partial charge in [0.1, 0.15) is 11.6 Å². The Labute approximate surface area is 123 Å². The van der Waals surface area contributed by atoms with E-state index in [-0.39, 0.29) is 6.10 Å². The summed E-state index contributed by atoms with van der Waals surface area (Å²) in [7, 11) is 0. The lowest BCUT2D eigenvalue weighted by molar-refractivity contribution is -0.0123. The predicted octanol–water partition coefficient (Wildman–Crippen LogP) is 5.12. The number of benzene rings is 2. The Bertz CT molecular complexity index is 593. The van der Waals surface area contributed by atoms with E-state index in [0.29, 0.717) is 11.5 Å². The van der Waals surface area contributed by atoms with E-state index in [2.05, 4.69) is 6.92 Å². The van der Waals surface area contributed by atoms with Crippen molar-refractivity contribution in [2.24, 2.45) is 5.92 Å². The lowest BCUT2D eigenvalue weighted by atomic mass is 9.94. The normalized spacial score (nSPS) is 22.2. The fourth-order valence-electron chi connectivity index (χ4n) is 2.76. The zero-order chi connectivity index (χ0) is 14.8. The highest BCUT2D eigenvalue weighted by Crippen LogP contribution is 2.31. The first-order valence-corrected chi connectivity index (χ1v) is 7.30. The number of hydrogen-bond acceptors (Lipinski definition) is 1. The van der Waals surface area contributed by atoms with Gasteiger partial charge in [0.15, 0.2) is 0 Å². The Morgan fingerprint density at radius 2 is 1.57 bits per heavy atom. The fourth-order valence-corrected chi connectivity index (χ4v) is 2.76. The van der Waals surface area contributed by atoms with Crippen LogP contribution in [-0.4, -0.2) is 6.61 Å². The summed E-state index contributed by atoms with van der Waals surface area (Å²) in [5, 5.41) is 0. The maximum absolute atomic E-state index is 13.3. The molecule has 0 bridgehead atoms. The van der Waals surface area contributed by atoms with Gasteiger partial charge < -0.3 is 4.74 Å². The van der Waals surface area contributed by atoms with Crippen molar-refractivity contribution in [2.75, 3.05) is 6.61 Å². The molecule has 1 aliphatic heterocycles. The minimum absolute atomic E-state index is 0.138. The summed E-state index contributed by atoms with van der Waals surface area (Å²) >= 11 is 0. The molecule has 1 saturated heterocycles. The molecular formula is C18H18F2O. The van der Waals surface area contributed by atoms with Crippen molar-refractivity contribution in [1.82, 2.24) is 0 Å². The van der Waals surface area contributed by atoms with Crippen LogP contribution in [0.1, 0.15) is 31.4 Å². The summed E-state index contributed by atoms with van der Waals surface area (Å²) < 4.78 is 32.4. The van der Waals surface area contributed by atoms with Gasteiger partial charge in [-0.3, -0.25) is 0 Å². The first-order chi connectivity index (χ1) is 10.1. The van der Waals surface area contributed by atoms with Crippen molar-refractivity contribution >= 4 is 0 Å². The van der Waals surface area contributed by atoms with Crippen molar-refractivity contribution in [2.45, 2.75) is 25.9 Å². The Kier molecular flexibility index (Phi) is 4.02. The Balaban J connectivity index is 1.80. The average Bonchev–Trinajstić information content (AvgIpc) is 2.47. The van der Waals surface area contributed by atoms with Crippen LogP contribution in [0.25, 0.3) is 11.1 Å². The monoisotopic (exact) mass is 288 g/mol. The summed E-state index contributed by atoms with van der Waals surface area (Å²) in [5.74, 6) is -0.492. The second-order valence-corrected chi connectivity index (χ2v) is 5.78. The largest absolute Gasteiger partial charge is 0.373 e. The SMILES string of the molecule is CC1CCC(c2ccc(-c3cc(F)cc(F)c3)cc2)OC1. The van der Waals surface area contributed by atoms with Crippen LogP contribution in [-0.2, 0) is 4.74 Å². The number of hydrogen-bond donors (Lipinski definition) is 0. The topological polar surface area (TPSA) is 9.23 Å². The molecule has 2 aromatic carbocycles. The zero-order valence-corrected chi connectivity index (χ0v) is 12.0. The van der Waals surface area contributed by atoms with E-state index in [0.717, 1.165) is 30.2 Å². The average molecular weight is 288 g/mol. The highest BCUT2D eigenvalue weighted by Gasteiger charge is 2.20. The molecule has 110 valence electrons. The van der Waals surface area contributed by atoms with Crippen LogP contribution in [0, 0.1) is 17.6 Å². The van der Waals surface area contributed by atoms with E-state index in [9.17, 15) is 8.78 Å². The van der Waals surface area contributed by atoms with Crippen molar-refractivity contribution in [3.8, 4) is 11.1 Å². The molecule has 0 N–H and O–H groups in total. The molecule has 3 heteroatoms. The molecule has 1 aliphatic rings. The van der Waals surface area contributed by atoms with Gasteiger partial charge in [-0.05, 0) is 47.6 Å². The third-order valence-corrected chi connectivity index (χ3v) is 3.98. The van der Waals surface area contributed by atoms with E-state index in [1.165, 1.54) is 18.6 Å². The molecule has 0 radical (unpaired) electrons. The van der Waals surface area contributed by atoms with Gasteiger partial charge in [0, 0.05) is 12.7 Å². The molecular weight excluding hydrogens is 270 g/mol. The van der Waals surface area contributed by atoms with Crippen LogP contribution in [0.2, 0.25) is 0 Å². The molecule has 0 aliphatic carbocycles. The first-order valence-electron chi connectivity index (χ1n) is 7.30. The molecule has 1 fully saturated rings. The second-order valence-electron chi connectivity index (χ2n) is 5.78. The van der Waals surface area contributed by atoms with Crippen molar-refractivity contribution < 1.29 is 13.5 Å². The number of rotatable bonds is 2. The van der Waals surface area contributed by atoms with Crippen LogP contribution in [0.15, 0.2) is 42.5 Å². The number of halogens is 2. The number of ether oxygens (including phenoxy) is 1. The van der Waals surface area contributed by atoms with E-state index in [1.54, 1.807) is 0 Å². The van der Waals surface area contributed by atoms with Crippen LogP contribution in [0.5, 0.6) is 0 Å². The van der Waals surface area contributed by atoms with Gasteiger partial charge in [-0.15, -0.1) is 0 Å². The maximum atomic E-state index is 13.3. The summed E-state index contributed by atoms with van der Waals surface area (Å²) in [6, 6.07) is 11.3. The van der Waals surface area contributed by atoms with Gasteiger partial charge in [-0.25, -0.2) is 8.78 Å². The quantitative estimate of drug-likeness (QED) is 0.745. The van der Waals surface area contributed by atoms with Crippen LogP contribution in [0.3, 0.4) is 0 Å². The lowest BCUT2D eigenvalue weighted by Crippen LogP contribution is -2.18. The second kappa shape index (κ2) is 5.94. The zero-order valence-electron chi connectivity index (χ0n) is 12.0. The summed E-state index contributed by atoms with van der Waals surface area (Å²) in [6.07, 6.45) is 2.33. The minimum Gasteiger partial charge on any atom is -0.373 e. The van der Waals surface area contributed by atoms with Crippen molar-refractivity contribution in [3.05, 3.63) is 59.7 Å². The smallest absolute Gasteiger partial charge is 0.126 e. The molecule has 1 nitrogen and oxygen atoms in total. The van der Waals surface area contributed by atoms with E-state index < -0.39 is 11.6 Å². The molecule has 21 heavy (non-hydrogen) atoms. The van der Waals surface area contributed by atoms with Gasteiger partial charge in [-0.2, -0.15) is 0 Å². The fraction of sp³-hybridized carbons (Fsp3) is 0.333. The molecule has 0 aromatic heterocycles. The van der Waals surface area contributed by atoms with E-state index in [1.807, 2.05) is 24.3 Å². The lowest BCUT2D eigenvalue weighted by Gasteiger charge is -2.27. The third-order valence-electron chi connectivity index (χ3n) is 3.98. The Hall–Kier alpha value is -1.74. The molecule has 1 heterocycles.